The van der Waals surface area contributed by atoms with Gasteiger partial charge in [0.15, 0.2) is 0 Å². The van der Waals surface area contributed by atoms with Crippen LogP contribution in [0.5, 0.6) is 0 Å². The molecule has 0 spiro atoms. The Labute approximate surface area is 76.9 Å². The third-order valence-electron chi connectivity index (χ3n) is 1.30. The van der Waals surface area contributed by atoms with Crippen LogP contribution in [0.15, 0.2) is 23.1 Å². The molecule has 1 aromatic rings. The van der Waals surface area contributed by atoms with Crippen LogP contribution >= 0.6 is 11.8 Å². The average molecular weight is 209 g/mol. The van der Waals surface area contributed by atoms with Crippen molar-refractivity contribution < 1.29 is 17.6 Å². The first-order valence-electron chi connectivity index (χ1n) is 3.26. The molecule has 0 aliphatic carbocycles. The van der Waals surface area contributed by atoms with Gasteiger partial charge in [0.2, 0.25) is 0 Å². The van der Waals surface area contributed by atoms with E-state index < -0.39 is 11.3 Å². The van der Waals surface area contributed by atoms with Crippen molar-refractivity contribution in [2.75, 3.05) is 0 Å². The second kappa shape index (κ2) is 3.57. The zero-order valence-electron chi connectivity index (χ0n) is 6.36. The number of hydrogen-bond donors (Lipinski definition) is 0. The van der Waals surface area contributed by atoms with Gasteiger partial charge in [-0.2, -0.15) is 13.2 Å². The lowest BCUT2D eigenvalue weighted by Gasteiger charge is -2.08. The van der Waals surface area contributed by atoms with Gasteiger partial charge in [-0.15, -0.1) is 0 Å². The van der Waals surface area contributed by atoms with Gasteiger partial charge < -0.3 is 0 Å². The summed E-state index contributed by atoms with van der Waals surface area (Å²) in [6.45, 7) is 3.21. The fourth-order valence-corrected chi connectivity index (χ4v) is 1.38. The monoisotopic (exact) mass is 209 g/mol. The largest absolute Gasteiger partial charge is 0.446 e. The minimum atomic E-state index is -4.40. The third kappa shape index (κ3) is 2.91. The second-order valence-electron chi connectivity index (χ2n) is 2.26. The molecule has 0 nitrogen and oxygen atoms in total. The molecule has 71 valence electrons. The summed E-state index contributed by atoms with van der Waals surface area (Å²) >= 11 is -0.361. The van der Waals surface area contributed by atoms with E-state index in [4.69, 9.17) is 0 Å². The molecule has 0 aromatic heterocycles. The molecule has 1 radical (unpaired) electrons. The Morgan fingerprint density at radius 3 is 2.38 bits per heavy atom. The molecule has 0 bridgehead atoms. The predicted octanol–water partition coefficient (Wildman–Crippen LogP) is 3.62. The van der Waals surface area contributed by atoms with Gasteiger partial charge in [-0.25, -0.2) is 4.39 Å². The Hall–Kier alpha value is -0.710. The van der Waals surface area contributed by atoms with E-state index >= 15 is 0 Å². The quantitative estimate of drug-likeness (QED) is 0.502. The molecular formula is C8H5F4S. The number of benzene rings is 1. The van der Waals surface area contributed by atoms with Crippen LogP contribution in [0.3, 0.4) is 0 Å². The Kier molecular flexibility index (Phi) is 2.85. The first kappa shape index (κ1) is 10.4. The highest BCUT2D eigenvalue weighted by Gasteiger charge is 2.30. The summed E-state index contributed by atoms with van der Waals surface area (Å²) in [6.07, 6.45) is 0. The van der Waals surface area contributed by atoms with E-state index in [-0.39, 0.29) is 22.2 Å². The maximum atomic E-state index is 12.7. The van der Waals surface area contributed by atoms with Crippen LogP contribution in [0.1, 0.15) is 5.56 Å². The van der Waals surface area contributed by atoms with Crippen molar-refractivity contribution in [3.63, 3.8) is 0 Å². The summed E-state index contributed by atoms with van der Waals surface area (Å²) in [5, 5.41) is 0. The minimum absolute atomic E-state index is 0.201. The molecule has 0 saturated carbocycles. The maximum absolute atomic E-state index is 12.7. The van der Waals surface area contributed by atoms with Crippen LogP contribution in [0.4, 0.5) is 17.6 Å². The average Bonchev–Trinajstić information content (AvgIpc) is 1.96. The van der Waals surface area contributed by atoms with Crippen molar-refractivity contribution >= 4 is 11.8 Å². The molecule has 5 heteroatoms. The van der Waals surface area contributed by atoms with Gasteiger partial charge in [-0.1, -0.05) is 6.07 Å². The van der Waals surface area contributed by atoms with Gasteiger partial charge in [0.05, 0.1) is 0 Å². The molecule has 0 N–H and O–H groups in total. The van der Waals surface area contributed by atoms with Crippen molar-refractivity contribution in [2.24, 2.45) is 0 Å². The van der Waals surface area contributed by atoms with Crippen molar-refractivity contribution in [1.82, 2.24) is 0 Å². The molecule has 13 heavy (non-hydrogen) atoms. The van der Waals surface area contributed by atoms with Gasteiger partial charge in [0.25, 0.3) is 0 Å². The first-order valence-corrected chi connectivity index (χ1v) is 4.08. The SMILES string of the molecule is [CH2]c1c(F)cccc1SC(F)(F)F. The standard InChI is InChI=1S/C8H5F4S/c1-5-6(9)3-2-4-7(5)13-8(10,11)12/h2-4H,1H2. The molecule has 1 rings (SSSR count). The number of halogens is 4. The van der Waals surface area contributed by atoms with E-state index in [0.29, 0.717) is 0 Å². The van der Waals surface area contributed by atoms with E-state index in [1.807, 2.05) is 0 Å². The smallest absolute Gasteiger partial charge is 0.207 e. The first-order chi connectivity index (χ1) is 5.90. The second-order valence-corrected chi connectivity index (χ2v) is 3.37. The van der Waals surface area contributed by atoms with Crippen LogP contribution in [0, 0.1) is 12.7 Å². The fourth-order valence-electron chi connectivity index (χ4n) is 0.759. The molecular weight excluding hydrogens is 204 g/mol. The Morgan fingerprint density at radius 1 is 1.23 bits per heavy atom. The topological polar surface area (TPSA) is 0 Å². The molecule has 0 aliphatic rings. The number of alkyl halides is 3. The molecule has 0 saturated heterocycles. The molecule has 0 heterocycles. The highest BCUT2D eigenvalue weighted by Crippen LogP contribution is 2.38. The summed E-state index contributed by atoms with van der Waals surface area (Å²) in [5.74, 6) is -0.728. The van der Waals surface area contributed by atoms with Gasteiger partial charge in [-0.05, 0) is 30.8 Å². The van der Waals surface area contributed by atoms with E-state index in [1.165, 1.54) is 12.1 Å². The normalized spacial score (nSPS) is 11.8. The summed E-state index contributed by atoms with van der Waals surface area (Å²) in [5.41, 5.74) is -4.62. The number of hydrogen-bond acceptors (Lipinski definition) is 1. The molecule has 0 amide bonds. The summed E-state index contributed by atoms with van der Waals surface area (Å²) < 4.78 is 48.3. The van der Waals surface area contributed by atoms with E-state index in [1.54, 1.807) is 0 Å². The molecule has 0 atom stereocenters. The Balaban J connectivity index is 2.96. The number of thioether (sulfide) groups is 1. The summed E-state index contributed by atoms with van der Waals surface area (Å²) in [4.78, 5) is -0.201. The van der Waals surface area contributed by atoms with Gasteiger partial charge in [0.1, 0.15) is 5.82 Å². The van der Waals surface area contributed by atoms with Crippen LogP contribution in [0.25, 0.3) is 0 Å². The predicted molar refractivity (Wildman–Crippen MR) is 42.8 cm³/mol. The molecule has 1 aromatic carbocycles. The fraction of sp³-hybridized carbons (Fsp3) is 0.125. The van der Waals surface area contributed by atoms with Crippen LogP contribution in [-0.4, -0.2) is 5.51 Å². The Bertz CT molecular complexity index is 306. The lowest BCUT2D eigenvalue weighted by atomic mass is 10.2. The van der Waals surface area contributed by atoms with Gasteiger partial charge in [0, 0.05) is 10.5 Å². The minimum Gasteiger partial charge on any atom is -0.207 e. The summed E-state index contributed by atoms with van der Waals surface area (Å²) in [6, 6.07) is 3.48. The van der Waals surface area contributed by atoms with E-state index in [0.717, 1.165) is 6.07 Å². The number of rotatable bonds is 1. The van der Waals surface area contributed by atoms with Gasteiger partial charge in [-0.3, -0.25) is 0 Å². The van der Waals surface area contributed by atoms with Crippen molar-refractivity contribution in [2.45, 2.75) is 10.4 Å². The lowest BCUT2D eigenvalue weighted by Crippen LogP contribution is -2.00. The van der Waals surface area contributed by atoms with Crippen LogP contribution < -0.4 is 0 Å². The Morgan fingerprint density at radius 2 is 1.85 bits per heavy atom. The lowest BCUT2D eigenvalue weighted by molar-refractivity contribution is -0.0328. The zero-order chi connectivity index (χ0) is 10.1. The van der Waals surface area contributed by atoms with Crippen LogP contribution in [-0.2, 0) is 0 Å². The molecule has 0 fully saturated rings. The highest BCUT2D eigenvalue weighted by molar-refractivity contribution is 8.00. The van der Waals surface area contributed by atoms with Crippen LogP contribution in [0.2, 0.25) is 0 Å². The van der Waals surface area contributed by atoms with Crippen molar-refractivity contribution in [1.29, 1.82) is 0 Å². The van der Waals surface area contributed by atoms with Crippen molar-refractivity contribution in [3.8, 4) is 0 Å². The zero-order valence-corrected chi connectivity index (χ0v) is 7.18. The van der Waals surface area contributed by atoms with Crippen molar-refractivity contribution in [3.05, 3.63) is 36.5 Å². The highest BCUT2D eigenvalue weighted by atomic mass is 32.2. The summed E-state index contributed by atoms with van der Waals surface area (Å²) in [7, 11) is 0. The van der Waals surface area contributed by atoms with E-state index in [9.17, 15) is 17.6 Å². The van der Waals surface area contributed by atoms with E-state index in [2.05, 4.69) is 6.92 Å². The molecule has 0 aliphatic heterocycles. The van der Waals surface area contributed by atoms with Gasteiger partial charge >= 0.3 is 5.51 Å². The third-order valence-corrected chi connectivity index (χ3v) is 2.14. The molecule has 0 unspecified atom stereocenters. The maximum Gasteiger partial charge on any atom is 0.446 e.